The molecular formula is C8H9NO3. The number of hydrogen-bond acceptors (Lipinski definition) is 3. The van der Waals surface area contributed by atoms with E-state index in [1.165, 1.54) is 25.4 Å². The van der Waals surface area contributed by atoms with Gasteiger partial charge >= 0.3 is 0 Å². The van der Waals surface area contributed by atoms with Crippen LogP contribution in [0, 0.1) is 0 Å². The van der Waals surface area contributed by atoms with E-state index in [0.717, 1.165) is 0 Å². The van der Waals surface area contributed by atoms with Gasteiger partial charge in [0.1, 0.15) is 6.73 Å². The largest absolute Gasteiger partial charge is 0.364 e. The van der Waals surface area contributed by atoms with E-state index in [0.29, 0.717) is 12.0 Å². The molecule has 64 valence electrons. The minimum Gasteiger partial charge on any atom is -0.364 e. The van der Waals surface area contributed by atoms with Crippen molar-refractivity contribution in [1.82, 2.24) is 4.57 Å². The quantitative estimate of drug-likeness (QED) is 0.607. The van der Waals surface area contributed by atoms with Gasteiger partial charge < -0.3 is 9.30 Å². The molecule has 1 aromatic rings. The Labute approximate surface area is 69.4 Å². The number of ether oxygens (including phenoxy) is 1. The minimum absolute atomic E-state index is 0.176. The Bertz CT molecular complexity index is 329. The third kappa shape index (κ3) is 1.79. The molecule has 0 aliphatic carbocycles. The molecule has 0 bridgehead atoms. The van der Waals surface area contributed by atoms with Crippen LogP contribution in [0.15, 0.2) is 23.1 Å². The highest BCUT2D eigenvalue weighted by Gasteiger charge is 1.97. The molecule has 1 heterocycles. The molecular weight excluding hydrogens is 158 g/mol. The fourth-order valence-corrected chi connectivity index (χ4v) is 0.885. The average molecular weight is 167 g/mol. The second-order valence-corrected chi connectivity index (χ2v) is 2.29. The number of nitrogens with zero attached hydrogens (tertiary/aromatic N) is 1. The molecule has 0 aliphatic heterocycles. The molecule has 1 rings (SSSR count). The predicted molar refractivity (Wildman–Crippen MR) is 43.1 cm³/mol. The Morgan fingerprint density at radius 2 is 2.42 bits per heavy atom. The van der Waals surface area contributed by atoms with Crippen LogP contribution in [0.2, 0.25) is 0 Å². The molecule has 0 saturated carbocycles. The van der Waals surface area contributed by atoms with Crippen LogP contribution in [-0.2, 0) is 11.5 Å². The summed E-state index contributed by atoms with van der Waals surface area (Å²) in [5, 5.41) is 0. The maximum Gasteiger partial charge on any atom is 0.182 e. The first-order chi connectivity index (χ1) is 5.77. The van der Waals surface area contributed by atoms with E-state index in [1.807, 2.05) is 0 Å². The summed E-state index contributed by atoms with van der Waals surface area (Å²) in [6.45, 7) is 0.272. The van der Waals surface area contributed by atoms with Gasteiger partial charge in [-0.3, -0.25) is 9.59 Å². The van der Waals surface area contributed by atoms with Crippen molar-refractivity contribution in [2.75, 3.05) is 7.11 Å². The first kappa shape index (κ1) is 8.67. The molecule has 0 atom stereocenters. The number of hydrogen-bond donors (Lipinski definition) is 0. The van der Waals surface area contributed by atoms with Crippen molar-refractivity contribution in [2.24, 2.45) is 0 Å². The number of carbonyl (C=O) groups is 1. The van der Waals surface area contributed by atoms with Crippen LogP contribution in [-0.4, -0.2) is 18.0 Å². The van der Waals surface area contributed by atoms with E-state index in [2.05, 4.69) is 0 Å². The molecule has 0 saturated heterocycles. The number of pyridine rings is 1. The zero-order valence-corrected chi connectivity index (χ0v) is 6.69. The number of aldehydes is 1. The van der Waals surface area contributed by atoms with Gasteiger partial charge in [0.05, 0.1) is 5.69 Å². The first-order valence-electron chi connectivity index (χ1n) is 3.42. The third-order valence-corrected chi connectivity index (χ3v) is 1.43. The zero-order chi connectivity index (χ0) is 8.97. The highest BCUT2D eigenvalue weighted by atomic mass is 16.5. The predicted octanol–water partition coefficient (Wildman–Crippen LogP) is 0.265. The average Bonchev–Trinajstić information content (AvgIpc) is 2.08. The molecule has 0 unspecified atom stereocenters. The second kappa shape index (κ2) is 3.82. The molecule has 1 aromatic heterocycles. The molecule has 4 nitrogen and oxygen atoms in total. The summed E-state index contributed by atoms with van der Waals surface area (Å²) in [7, 11) is 1.52. The van der Waals surface area contributed by atoms with Gasteiger partial charge in [-0.15, -0.1) is 0 Å². The molecule has 0 N–H and O–H groups in total. The first-order valence-corrected chi connectivity index (χ1v) is 3.42. The summed E-state index contributed by atoms with van der Waals surface area (Å²) in [6, 6.07) is 2.65. The van der Waals surface area contributed by atoms with Crippen molar-refractivity contribution < 1.29 is 9.53 Å². The Balaban J connectivity index is 3.10. The van der Waals surface area contributed by atoms with Gasteiger partial charge in [0.15, 0.2) is 11.7 Å². The minimum atomic E-state index is -0.176. The molecule has 0 fully saturated rings. The van der Waals surface area contributed by atoms with Gasteiger partial charge in [-0.25, -0.2) is 0 Å². The van der Waals surface area contributed by atoms with Crippen LogP contribution in [0.4, 0.5) is 0 Å². The van der Waals surface area contributed by atoms with Gasteiger partial charge in [0.25, 0.3) is 0 Å². The fourth-order valence-electron chi connectivity index (χ4n) is 0.885. The molecule has 4 heteroatoms. The van der Waals surface area contributed by atoms with Crippen LogP contribution < -0.4 is 5.43 Å². The fraction of sp³-hybridized carbons (Fsp3) is 0.250. The number of methoxy groups -OCH3 is 1. The monoisotopic (exact) mass is 167 g/mol. The number of aromatic nitrogens is 1. The highest BCUT2D eigenvalue weighted by molar-refractivity contribution is 5.71. The van der Waals surface area contributed by atoms with E-state index in [-0.39, 0.29) is 12.2 Å². The van der Waals surface area contributed by atoms with Crippen molar-refractivity contribution in [2.45, 2.75) is 6.73 Å². The molecule has 0 aromatic carbocycles. The Hall–Kier alpha value is -1.42. The lowest BCUT2D eigenvalue weighted by Gasteiger charge is -2.06. The smallest absolute Gasteiger partial charge is 0.182 e. The van der Waals surface area contributed by atoms with Gasteiger partial charge in [-0.2, -0.15) is 0 Å². The van der Waals surface area contributed by atoms with E-state index in [9.17, 15) is 9.59 Å². The van der Waals surface area contributed by atoms with E-state index in [1.54, 1.807) is 4.57 Å². The van der Waals surface area contributed by atoms with E-state index < -0.39 is 0 Å². The molecule has 0 amide bonds. The molecule has 0 aliphatic rings. The Morgan fingerprint density at radius 1 is 1.67 bits per heavy atom. The Kier molecular flexibility index (Phi) is 2.76. The van der Waals surface area contributed by atoms with Crippen LogP contribution in [0.1, 0.15) is 10.5 Å². The molecule has 0 spiro atoms. The highest BCUT2D eigenvalue weighted by Crippen LogP contribution is 1.92. The van der Waals surface area contributed by atoms with Crippen LogP contribution >= 0.6 is 0 Å². The summed E-state index contributed by atoms with van der Waals surface area (Å²) in [5.41, 5.74) is 0.147. The second-order valence-electron chi connectivity index (χ2n) is 2.29. The maximum absolute atomic E-state index is 10.8. The van der Waals surface area contributed by atoms with Crippen molar-refractivity contribution in [3.05, 3.63) is 34.2 Å². The summed E-state index contributed by atoms with van der Waals surface area (Å²) < 4.78 is 6.36. The third-order valence-electron chi connectivity index (χ3n) is 1.43. The van der Waals surface area contributed by atoms with Gasteiger partial charge in [-0.1, -0.05) is 0 Å². The lowest BCUT2D eigenvalue weighted by atomic mass is 10.3. The van der Waals surface area contributed by atoms with Crippen LogP contribution in [0.25, 0.3) is 0 Å². The zero-order valence-electron chi connectivity index (χ0n) is 6.69. The Morgan fingerprint density at radius 3 is 3.00 bits per heavy atom. The molecule has 12 heavy (non-hydrogen) atoms. The summed E-state index contributed by atoms with van der Waals surface area (Å²) in [6.07, 6.45) is 2.15. The SMILES string of the molecule is COCn1ccc(=O)cc1C=O. The lowest BCUT2D eigenvalue weighted by molar-refractivity contribution is 0.106. The van der Waals surface area contributed by atoms with Crippen molar-refractivity contribution >= 4 is 6.29 Å². The lowest BCUT2D eigenvalue weighted by Crippen LogP contribution is -2.11. The summed E-state index contributed by atoms with van der Waals surface area (Å²) >= 11 is 0. The van der Waals surface area contributed by atoms with E-state index in [4.69, 9.17) is 4.74 Å². The molecule has 0 radical (unpaired) electrons. The maximum atomic E-state index is 10.8. The van der Waals surface area contributed by atoms with Crippen molar-refractivity contribution in [3.63, 3.8) is 0 Å². The normalized spacial score (nSPS) is 9.75. The number of rotatable bonds is 3. The van der Waals surface area contributed by atoms with Gasteiger partial charge in [0, 0.05) is 25.4 Å². The topological polar surface area (TPSA) is 48.3 Å². The summed E-state index contributed by atoms with van der Waals surface area (Å²) in [4.78, 5) is 21.2. The van der Waals surface area contributed by atoms with Gasteiger partial charge in [0.2, 0.25) is 0 Å². The van der Waals surface area contributed by atoms with Gasteiger partial charge in [-0.05, 0) is 0 Å². The summed E-state index contributed by atoms with van der Waals surface area (Å²) in [5.74, 6) is 0. The van der Waals surface area contributed by atoms with Crippen LogP contribution in [0.3, 0.4) is 0 Å². The van der Waals surface area contributed by atoms with Crippen molar-refractivity contribution in [1.29, 1.82) is 0 Å². The van der Waals surface area contributed by atoms with E-state index >= 15 is 0 Å². The number of carbonyl (C=O) groups excluding carboxylic acids is 1. The van der Waals surface area contributed by atoms with Crippen molar-refractivity contribution in [3.8, 4) is 0 Å². The standard InChI is InChI=1S/C8H9NO3/c1-12-6-9-3-2-8(11)4-7(9)5-10/h2-5H,6H2,1H3. The van der Waals surface area contributed by atoms with Crippen LogP contribution in [0.5, 0.6) is 0 Å².